The number of halogens is 1. The van der Waals surface area contributed by atoms with Gasteiger partial charge in [-0.1, -0.05) is 11.6 Å². The Labute approximate surface area is 187 Å². The Morgan fingerprint density at radius 3 is 2.39 bits per heavy atom. The number of fused-ring (bicyclic) bond motifs is 1. The van der Waals surface area contributed by atoms with Crippen molar-refractivity contribution < 1.29 is 23.8 Å². The van der Waals surface area contributed by atoms with Crippen molar-refractivity contribution in [3.05, 3.63) is 23.0 Å². The lowest BCUT2D eigenvalue weighted by Gasteiger charge is -2.34. The van der Waals surface area contributed by atoms with Crippen molar-refractivity contribution in [2.24, 2.45) is 0 Å². The van der Waals surface area contributed by atoms with E-state index in [-0.39, 0.29) is 22.6 Å². The van der Waals surface area contributed by atoms with Crippen molar-refractivity contribution in [2.45, 2.75) is 65.2 Å². The molecule has 0 saturated carbocycles. The van der Waals surface area contributed by atoms with E-state index in [1.165, 1.54) is 13.2 Å². The van der Waals surface area contributed by atoms with Gasteiger partial charge in [-0.3, -0.25) is 0 Å². The van der Waals surface area contributed by atoms with Gasteiger partial charge in [0.1, 0.15) is 17.4 Å². The zero-order valence-corrected chi connectivity index (χ0v) is 19.7. The number of piperidine rings is 1. The number of carbonyl (C=O) groups excluding carboxylic acids is 2. The molecule has 8 nitrogen and oxygen atoms in total. The first-order valence-electron chi connectivity index (χ1n) is 10.4. The molecule has 0 spiro atoms. The molecule has 0 radical (unpaired) electrons. The highest BCUT2D eigenvalue weighted by Crippen LogP contribution is 2.32. The topological polar surface area (TPSA) is 82.9 Å². The van der Waals surface area contributed by atoms with Crippen LogP contribution in [0.3, 0.4) is 0 Å². The molecule has 1 saturated heterocycles. The standard InChI is InChI=1S/C22H30ClN3O5/c1-13(2)25-9-7-15(8-10-25)30-17-12-14-11-16(20(27)29-6)26(19(14)24-18(17)23)21(28)31-22(3,4)5/h11-13,15H,7-10H2,1-6H3. The maximum absolute atomic E-state index is 12.8. The Kier molecular flexibility index (Phi) is 6.81. The lowest BCUT2D eigenvalue weighted by atomic mass is 10.1. The van der Waals surface area contributed by atoms with E-state index in [2.05, 4.69) is 23.7 Å². The third-order valence-corrected chi connectivity index (χ3v) is 5.44. The van der Waals surface area contributed by atoms with E-state index in [1.54, 1.807) is 26.8 Å². The molecule has 0 N–H and O–H groups in total. The van der Waals surface area contributed by atoms with Gasteiger partial charge in [0, 0.05) is 24.5 Å². The Hall–Kier alpha value is -2.32. The average molecular weight is 452 g/mol. The number of ether oxygens (including phenoxy) is 3. The SMILES string of the molecule is COC(=O)c1cc2cc(OC3CCN(C(C)C)CC3)c(Cl)nc2n1C(=O)OC(C)(C)C. The highest BCUT2D eigenvalue weighted by molar-refractivity contribution is 6.31. The van der Waals surface area contributed by atoms with E-state index < -0.39 is 17.7 Å². The average Bonchev–Trinajstić information content (AvgIpc) is 3.05. The monoisotopic (exact) mass is 451 g/mol. The number of esters is 1. The highest BCUT2D eigenvalue weighted by Gasteiger charge is 2.28. The summed E-state index contributed by atoms with van der Waals surface area (Å²) in [4.78, 5) is 31.9. The molecule has 0 amide bonds. The fraction of sp³-hybridized carbons (Fsp3) is 0.591. The third-order valence-electron chi connectivity index (χ3n) is 5.17. The van der Waals surface area contributed by atoms with E-state index in [0.29, 0.717) is 17.2 Å². The molecular formula is C22H30ClN3O5. The van der Waals surface area contributed by atoms with Gasteiger partial charge in [-0.2, -0.15) is 0 Å². The summed E-state index contributed by atoms with van der Waals surface area (Å²) >= 11 is 6.41. The van der Waals surface area contributed by atoms with Crippen LogP contribution in [0.25, 0.3) is 11.0 Å². The summed E-state index contributed by atoms with van der Waals surface area (Å²) in [5.74, 6) is -0.251. The number of hydrogen-bond donors (Lipinski definition) is 0. The fourth-order valence-corrected chi connectivity index (χ4v) is 3.79. The molecule has 1 fully saturated rings. The maximum atomic E-state index is 12.8. The Balaban J connectivity index is 1.93. The Bertz CT molecular complexity index is 972. The van der Waals surface area contributed by atoms with E-state index in [4.69, 9.17) is 25.8 Å². The molecule has 3 rings (SSSR count). The zero-order valence-electron chi connectivity index (χ0n) is 18.9. The molecular weight excluding hydrogens is 422 g/mol. The fourth-order valence-electron chi connectivity index (χ4n) is 3.61. The number of pyridine rings is 1. The summed E-state index contributed by atoms with van der Waals surface area (Å²) < 4.78 is 17.5. The van der Waals surface area contributed by atoms with E-state index >= 15 is 0 Å². The number of hydrogen-bond acceptors (Lipinski definition) is 7. The highest BCUT2D eigenvalue weighted by atomic mass is 35.5. The predicted molar refractivity (Wildman–Crippen MR) is 118 cm³/mol. The molecule has 0 unspecified atom stereocenters. The van der Waals surface area contributed by atoms with Crippen molar-refractivity contribution in [3.8, 4) is 5.75 Å². The van der Waals surface area contributed by atoms with Gasteiger partial charge < -0.3 is 19.1 Å². The number of rotatable bonds is 4. The minimum Gasteiger partial charge on any atom is -0.487 e. The number of nitrogens with zero attached hydrogens (tertiary/aromatic N) is 3. The Morgan fingerprint density at radius 1 is 1.19 bits per heavy atom. The first-order valence-corrected chi connectivity index (χ1v) is 10.8. The van der Waals surface area contributed by atoms with E-state index in [1.807, 2.05) is 0 Å². The molecule has 0 aromatic carbocycles. The van der Waals surface area contributed by atoms with Gasteiger partial charge in [0.25, 0.3) is 0 Å². The number of methoxy groups -OCH3 is 1. The molecule has 0 atom stereocenters. The van der Waals surface area contributed by atoms with Gasteiger partial charge in [-0.15, -0.1) is 0 Å². The first kappa shape index (κ1) is 23.3. The molecule has 3 heterocycles. The molecule has 0 aliphatic carbocycles. The summed E-state index contributed by atoms with van der Waals surface area (Å²) in [5.41, 5.74) is -0.530. The van der Waals surface area contributed by atoms with Crippen molar-refractivity contribution in [1.29, 1.82) is 0 Å². The van der Waals surface area contributed by atoms with Crippen molar-refractivity contribution in [2.75, 3.05) is 20.2 Å². The van der Waals surface area contributed by atoms with Gasteiger partial charge in [0.15, 0.2) is 16.5 Å². The number of likely N-dealkylation sites (tertiary alicyclic amines) is 1. The summed E-state index contributed by atoms with van der Waals surface area (Å²) in [6, 6.07) is 3.74. The predicted octanol–water partition coefficient (Wildman–Crippen LogP) is 4.51. The molecule has 2 aromatic heterocycles. The van der Waals surface area contributed by atoms with Crippen LogP contribution < -0.4 is 4.74 Å². The lowest BCUT2D eigenvalue weighted by Crippen LogP contribution is -2.41. The van der Waals surface area contributed by atoms with Crippen molar-refractivity contribution in [1.82, 2.24) is 14.5 Å². The molecule has 9 heteroatoms. The normalized spacial score (nSPS) is 16.0. The Morgan fingerprint density at radius 2 is 1.84 bits per heavy atom. The second kappa shape index (κ2) is 9.04. The molecule has 0 bridgehead atoms. The molecule has 1 aliphatic rings. The zero-order chi connectivity index (χ0) is 22.9. The minimum absolute atomic E-state index is 0.0118. The van der Waals surface area contributed by atoms with Crippen LogP contribution in [0, 0.1) is 0 Å². The van der Waals surface area contributed by atoms with E-state index in [0.717, 1.165) is 30.5 Å². The van der Waals surface area contributed by atoms with E-state index in [9.17, 15) is 9.59 Å². The second-order valence-electron chi connectivity index (χ2n) is 8.97. The molecule has 2 aromatic rings. The van der Waals surface area contributed by atoms with Crippen molar-refractivity contribution in [3.63, 3.8) is 0 Å². The van der Waals surface area contributed by atoms with Gasteiger partial charge in [-0.25, -0.2) is 19.1 Å². The maximum Gasteiger partial charge on any atom is 0.420 e. The van der Waals surface area contributed by atoms with Gasteiger partial charge in [-0.05, 0) is 59.6 Å². The van der Waals surface area contributed by atoms with Crippen LogP contribution in [0.1, 0.15) is 57.9 Å². The largest absolute Gasteiger partial charge is 0.487 e. The van der Waals surface area contributed by atoms with Crippen LogP contribution in [0.15, 0.2) is 12.1 Å². The van der Waals surface area contributed by atoms with Crippen LogP contribution in [0.2, 0.25) is 5.15 Å². The van der Waals surface area contributed by atoms with Gasteiger partial charge in [0.2, 0.25) is 0 Å². The molecule has 1 aliphatic heterocycles. The quantitative estimate of drug-likeness (QED) is 0.499. The van der Waals surface area contributed by atoms with Crippen LogP contribution in [-0.4, -0.2) is 64.5 Å². The third kappa shape index (κ3) is 5.30. The first-order chi connectivity index (χ1) is 14.5. The summed E-state index contributed by atoms with van der Waals surface area (Å²) in [7, 11) is 1.25. The van der Waals surface area contributed by atoms with Crippen LogP contribution in [0.5, 0.6) is 5.75 Å². The summed E-state index contributed by atoms with van der Waals surface area (Å²) in [6.45, 7) is 11.5. The summed E-state index contributed by atoms with van der Waals surface area (Å²) in [5, 5.41) is 0.656. The lowest BCUT2D eigenvalue weighted by molar-refractivity contribution is 0.0489. The van der Waals surface area contributed by atoms with Gasteiger partial charge >= 0.3 is 12.1 Å². The van der Waals surface area contributed by atoms with Crippen molar-refractivity contribution >= 4 is 34.7 Å². The second-order valence-corrected chi connectivity index (χ2v) is 9.33. The number of aromatic nitrogens is 2. The molecule has 170 valence electrons. The summed E-state index contributed by atoms with van der Waals surface area (Å²) in [6.07, 6.45) is 1.07. The number of carbonyl (C=O) groups is 2. The molecule has 31 heavy (non-hydrogen) atoms. The van der Waals surface area contributed by atoms with Crippen LogP contribution in [0.4, 0.5) is 4.79 Å². The minimum atomic E-state index is -0.751. The smallest absolute Gasteiger partial charge is 0.420 e. The van der Waals surface area contributed by atoms with Crippen LogP contribution >= 0.6 is 11.6 Å². The van der Waals surface area contributed by atoms with Gasteiger partial charge in [0.05, 0.1) is 7.11 Å². The van der Waals surface area contributed by atoms with Crippen LogP contribution in [-0.2, 0) is 9.47 Å².